The molecule has 2 unspecified atom stereocenters. The van der Waals surface area contributed by atoms with Gasteiger partial charge >= 0.3 is 5.97 Å². The number of carboxylic acids is 1. The number of carbonyl (C=O) groups is 3. The van der Waals surface area contributed by atoms with Crippen molar-refractivity contribution in [2.24, 2.45) is 11.7 Å². The number of aliphatic carboxylic acids is 1. The zero-order chi connectivity index (χ0) is 17.7. The molecule has 0 spiro atoms. The number of benzene rings is 1. The molecule has 0 saturated carbocycles. The fraction of sp³-hybridized carbons (Fsp3) is 0.438. The number of carbonyl (C=O) groups excluding carboxylic acids is 2. The molecule has 7 nitrogen and oxygen atoms in total. The Bertz CT molecular complexity index is 620. The normalized spacial score (nSPS) is 19.5. The highest BCUT2D eigenvalue weighted by molar-refractivity contribution is 6.30. The van der Waals surface area contributed by atoms with Crippen molar-refractivity contribution in [3.8, 4) is 0 Å². The third-order valence-corrected chi connectivity index (χ3v) is 4.24. The first-order valence-electron chi connectivity index (χ1n) is 7.66. The molecular weight excluding hydrogens is 334 g/mol. The maximum Gasteiger partial charge on any atom is 0.330 e. The van der Waals surface area contributed by atoms with Gasteiger partial charge in [0, 0.05) is 11.6 Å². The van der Waals surface area contributed by atoms with E-state index in [1.54, 1.807) is 24.3 Å². The topological polar surface area (TPSA) is 113 Å². The number of piperidine rings is 1. The van der Waals surface area contributed by atoms with Gasteiger partial charge in [0.15, 0.2) is 6.04 Å². The van der Waals surface area contributed by atoms with E-state index in [2.05, 4.69) is 5.32 Å². The maximum atomic E-state index is 12.4. The summed E-state index contributed by atoms with van der Waals surface area (Å²) >= 11 is 5.80. The minimum atomic E-state index is -1.14. The average Bonchev–Trinajstić information content (AvgIpc) is 2.53. The molecule has 0 bridgehead atoms. The van der Waals surface area contributed by atoms with Crippen LogP contribution in [0.1, 0.15) is 24.4 Å². The average molecular weight is 354 g/mol. The molecule has 1 aromatic rings. The summed E-state index contributed by atoms with van der Waals surface area (Å²) in [6.45, 7) is 1.19. The molecule has 4 N–H and O–H groups in total. The summed E-state index contributed by atoms with van der Waals surface area (Å²) < 4.78 is 0. The van der Waals surface area contributed by atoms with Crippen molar-refractivity contribution < 1.29 is 19.5 Å². The number of carboxylic acid groups (broad SMARTS) is 1. The third-order valence-electron chi connectivity index (χ3n) is 3.99. The van der Waals surface area contributed by atoms with Crippen LogP contribution >= 0.6 is 11.6 Å². The first-order valence-corrected chi connectivity index (χ1v) is 8.04. The van der Waals surface area contributed by atoms with Gasteiger partial charge in [-0.1, -0.05) is 23.7 Å². The molecule has 1 aromatic carbocycles. The zero-order valence-corrected chi connectivity index (χ0v) is 13.8. The summed E-state index contributed by atoms with van der Waals surface area (Å²) in [4.78, 5) is 36.8. The monoisotopic (exact) mass is 353 g/mol. The van der Waals surface area contributed by atoms with Crippen LogP contribution in [0.25, 0.3) is 0 Å². The summed E-state index contributed by atoms with van der Waals surface area (Å²) in [7, 11) is 0. The molecule has 1 fully saturated rings. The van der Waals surface area contributed by atoms with E-state index in [1.165, 1.54) is 0 Å². The number of amides is 2. The van der Waals surface area contributed by atoms with Gasteiger partial charge in [0.25, 0.3) is 0 Å². The first-order chi connectivity index (χ1) is 11.4. The Kier molecular flexibility index (Phi) is 6.16. The minimum absolute atomic E-state index is 0.101. The fourth-order valence-corrected chi connectivity index (χ4v) is 2.96. The standard InChI is InChI=1S/C16H20ClN3O4/c17-12-5-3-10(4-6-12)14(16(23)24)19-15(22)11-2-1-7-20(8-11)9-13(18)21/h3-6,11,14H,1-2,7-9H2,(H2,18,21)(H,19,22)(H,23,24). The second-order valence-electron chi connectivity index (χ2n) is 5.87. The van der Waals surface area contributed by atoms with Gasteiger partial charge in [-0.05, 0) is 37.1 Å². The Morgan fingerprint density at radius 3 is 2.58 bits per heavy atom. The molecule has 1 heterocycles. The van der Waals surface area contributed by atoms with E-state index in [1.807, 2.05) is 4.90 Å². The molecule has 0 radical (unpaired) electrons. The van der Waals surface area contributed by atoms with Crippen LogP contribution in [0.3, 0.4) is 0 Å². The quantitative estimate of drug-likeness (QED) is 0.699. The van der Waals surface area contributed by atoms with Crippen molar-refractivity contribution in [3.63, 3.8) is 0 Å². The van der Waals surface area contributed by atoms with Crippen LogP contribution in [0, 0.1) is 5.92 Å². The molecule has 1 aliphatic heterocycles. The predicted octanol–water partition coefficient (Wildman–Crippen LogP) is 0.779. The number of hydrogen-bond donors (Lipinski definition) is 3. The van der Waals surface area contributed by atoms with Crippen LogP contribution in [0.4, 0.5) is 0 Å². The number of nitrogens with two attached hydrogens (primary N) is 1. The zero-order valence-electron chi connectivity index (χ0n) is 13.1. The Hall–Kier alpha value is -2.12. The molecule has 2 atom stereocenters. The number of halogens is 1. The van der Waals surface area contributed by atoms with Gasteiger partial charge in [-0.25, -0.2) is 4.79 Å². The number of nitrogens with zero attached hydrogens (tertiary/aromatic N) is 1. The molecule has 24 heavy (non-hydrogen) atoms. The lowest BCUT2D eigenvalue weighted by molar-refractivity contribution is -0.143. The van der Waals surface area contributed by atoms with Gasteiger partial charge in [-0.3, -0.25) is 14.5 Å². The highest BCUT2D eigenvalue weighted by Crippen LogP contribution is 2.20. The lowest BCUT2D eigenvalue weighted by atomic mass is 9.96. The summed E-state index contributed by atoms with van der Waals surface area (Å²) in [5, 5.41) is 12.5. The van der Waals surface area contributed by atoms with Gasteiger partial charge in [0.05, 0.1) is 12.5 Å². The van der Waals surface area contributed by atoms with Crippen LogP contribution in [0.2, 0.25) is 5.02 Å². The lowest BCUT2D eigenvalue weighted by Crippen LogP contribution is -2.47. The molecule has 0 aromatic heterocycles. The maximum absolute atomic E-state index is 12.4. The van der Waals surface area contributed by atoms with E-state index in [0.29, 0.717) is 30.1 Å². The van der Waals surface area contributed by atoms with Gasteiger partial charge in [0.1, 0.15) is 0 Å². The van der Waals surface area contributed by atoms with E-state index in [-0.39, 0.29) is 18.4 Å². The summed E-state index contributed by atoms with van der Waals surface area (Å²) in [6.07, 6.45) is 1.40. The number of primary amides is 1. The SMILES string of the molecule is NC(=O)CN1CCCC(C(=O)NC(C(=O)O)c2ccc(Cl)cc2)C1. The van der Waals surface area contributed by atoms with Crippen molar-refractivity contribution in [2.75, 3.05) is 19.6 Å². The minimum Gasteiger partial charge on any atom is -0.479 e. The number of rotatable bonds is 6. The lowest BCUT2D eigenvalue weighted by Gasteiger charge is -2.31. The number of nitrogens with one attached hydrogen (secondary N) is 1. The van der Waals surface area contributed by atoms with E-state index in [4.69, 9.17) is 17.3 Å². The van der Waals surface area contributed by atoms with Crippen molar-refractivity contribution in [3.05, 3.63) is 34.9 Å². The Morgan fingerprint density at radius 2 is 2.00 bits per heavy atom. The van der Waals surface area contributed by atoms with E-state index in [9.17, 15) is 19.5 Å². The van der Waals surface area contributed by atoms with Crippen molar-refractivity contribution in [1.82, 2.24) is 10.2 Å². The molecule has 1 saturated heterocycles. The Morgan fingerprint density at radius 1 is 1.33 bits per heavy atom. The molecular formula is C16H20ClN3O4. The van der Waals surface area contributed by atoms with Crippen LogP contribution in [0.5, 0.6) is 0 Å². The largest absolute Gasteiger partial charge is 0.479 e. The summed E-state index contributed by atoms with van der Waals surface area (Å²) in [5.74, 6) is -2.30. The fourth-order valence-electron chi connectivity index (χ4n) is 2.84. The molecule has 130 valence electrons. The highest BCUT2D eigenvalue weighted by Gasteiger charge is 2.30. The van der Waals surface area contributed by atoms with Crippen molar-refractivity contribution >= 4 is 29.4 Å². The van der Waals surface area contributed by atoms with Crippen molar-refractivity contribution in [2.45, 2.75) is 18.9 Å². The van der Waals surface area contributed by atoms with Gasteiger partial charge in [-0.15, -0.1) is 0 Å². The third kappa shape index (κ3) is 4.94. The Labute approximate surface area is 144 Å². The molecule has 0 aliphatic carbocycles. The van der Waals surface area contributed by atoms with Gasteiger partial charge in [-0.2, -0.15) is 0 Å². The molecule has 8 heteroatoms. The second-order valence-corrected chi connectivity index (χ2v) is 6.31. The van der Waals surface area contributed by atoms with Crippen LogP contribution in [0.15, 0.2) is 24.3 Å². The number of hydrogen-bond acceptors (Lipinski definition) is 4. The molecule has 2 amide bonds. The highest BCUT2D eigenvalue weighted by atomic mass is 35.5. The van der Waals surface area contributed by atoms with Crippen molar-refractivity contribution in [1.29, 1.82) is 0 Å². The van der Waals surface area contributed by atoms with Crippen LogP contribution in [-0.4, -0.2) is 47.4 Å². The first kappa shape index (κ1) is 18.2. The van der Waals surface area contributed by atoms with E-state index >= 15 is 0 Å². The summed E-state index contributed by atoms with van der Waals surface area (Å²) in [5.41, 5.74) is 5.63. The Balaban J connectivity index is 2.03. The van der Waals surface area contributed by atoms with Gasteiger partial charge < -0.3 is 16.2 Å². The second kappa shape index (κ2) is 8.12. The predicted molar refractivity (Wildman–Crippen MR) is 88.3 cm³/mol. The molecule has 2 rings (SSSR count). The van der Waals surface area contributed by atoms with Crippen LogP contribution < -0.4 is 11.1 Å². The molecule has 1 aliphatic rings. The van der Waals surface area contributed by atoms with E-state index < -0.39 is 17.9 Å². The number of likely N-dealkylation sites (tertiary alicyclic amines) is 1. The van der Waals surface area contributed by atoms with Gasteiger partial charge in [0.2, 0.25) is 11.8 Å². The summed E-state index contributed by atoms with van der Waals surface area (Å²) in [6, 6.07) is 5.16. The van der Waals surface area contributed by atoms with E-state index in [0.717, 1.165) is 6.42 Å². The van der Waals surface area contributed by atoms with Crippen LogP contribution in [-0.2, 0) is 14.4 Å². The smallest absolute Gasteiger partial charge is 0.330 e.